The first-order valence-corrected chi connectivity index (χ1v) is 14.5. The number of methoxy groups -OCH3 is 1. The molecule has 0 aliphatic carbocycles. The summed E-state index contributed by atoms with van der Waals surface area (Å²) in [7, 11) is 1.19. The summed E-state index contributed by atoms with van der Waals surface area (Å²) in [5.74, 6) is -0.728. The molecule has 1 aromatic carbocycles. The van der Waals surface area contributed by atoms with E-state index < -0.39 is 30.0 Å². The maximum atomic E-state index is 12.7. The van der Waals surface area contributed by atoms with Crippen LogP contribution < -0.4 is 15.2 Å². The molecule has 1 aromatic rings. The van der Waals surface area contributed by atoms with Crippen LogP contribution in [0.3, 0.4) is 0 Å². The van der Waals surface area contributed by atoms with Crippen molar-refractivity contribution >= 4 is 24.4 Å². The molecule has 0 aliphatic rings. The molecule has 0 aromatic heterocycles. The second-order valence-electron chi connectivity index (χ2n) is 10.4. The summed E-state index contributed by atoms with van der Waals surface area (Å²) < 4.78 is 36.0. The zero-order valence-corrected chi connectivity index (χ0v) is 25.7. The minimum atomic E-state index is -1.61. The van der Waals surface area contributed by atoms with Gasteiger partial charge in [-0.1, -0.05) is 66.4 Å². The molecule has 0 heterocycles. The van der Waals surface area contributed by atoms with Gasteiger partial charge in [0.05, 0.1) is 33.5 Å². The van der Waals surface area contributed by atoms with Crippen LogP contribution in [0.25, 0.3) is 0 Å². The van der Waals surface area contributed by atoms with Crippen molar-refractivity contribution in [1.82, 2.24) is 0 Å². The molecule has 0 aliphatic heterocycles. The molecule has 0 amide bonds. The fourth-order valence-electron chi connectivity index (χ4n) is 3.42. The fourth-order valence-corrected chi connectivity index (χ4v) is 3.42. The first-order chi connectivity index (χ1) is 20.0. The van der Waals surface area contributed by atoms with Gasteiger partial charge in [0.2, 0.25) is 0 Å². The Morgan fingerprint density at radius 3 is 1.90 bits per heavy atom. The van der Waals surface area contributed by atoms with Crippen molar-refractivity contribution in [3.8, 4) is 11.5 Å². The Morgan fingerprint density at radius 1 is 0.786 bits per heavy atom. The lowest BCUT2D eigenvalue weighted by molar-refractivity contribution is -0.147. The van der Waals surface area contributed by atoms with Crippen molar-refractivity contribution in [2.24, 2.45) is 17.6 Å². The Morgan fingerprint density at radius 2 is 1.36 bits per heavy atom. The Kier molecular flexibility index (Phi) is 17.0. The van der Waals surface area contributed by atoms with Gasteiger partial charge in [-0.15, -0.1) is 0 Å². The molecular weight excluding hydrogens is 550 g/mol. The number of hydrogen-bond acceptors (Lipinski definition) is 12. The number of benzene rings is 1. The number of nitrogens with two attached hydrogens (primary N) is 1. The van der Waals surface area contributed by atoms with Gasteiger partial charge in [0.1, 0.15) is 5.54 Å². The quantitative estimate of drug-likeness (QED) is 0.0917. The first-order valence-electron chi connectivity index (χ1n) is 14.5. The molecule has 1 rings (SSSR count). The highest BCUT2D eigenvalue weighted by molar-refractivity contribution is 5.81. The Bertz CT molecular complexity index is 999. The lowest BCUT2D eigenvalue weighted by atomic mass is 9.88. The van der Waals surface area contributed by atoms with E-state index in [1.807, 2.05) is 34.6 Å². The van der Waals surface area contributed by atoms with Crippen LogP contribution in [0.5, 0.6) is 11.5 Å². The van der Waals surface area contributed by atoms with Crippen molar-refractivity contribution in [2.45, 2.75) is 85.1 Å². The van der Waals surface area contributed by atoms with Crippen molar-refractivity contribution in [1.29, 1.82) is 0 Å². The predicted octanol–water partition coefficient (Wildman–Crippen LogP) is 5.96. The van der Waals surface area contributed by atoms with E-state index in [0.29, 0.717) is 5.56 Å². The lowest BCUT2D eigenvalue weighted by Crippen LogP contribution is -2.51. The van der Waals surface area contributed by atoms with E-state index in [4.69, 9.17) is 38.9 Å². The van der Waals surface area contributed by atoms with Crippen LogP contribution in [0.4, 0.5) is 14.4 Å². The van der Waals surface area contributed by atoms with Crippen LogP contribution in [-0.2, 0) is 34.9 Å². The van der Waals surface area contributed by atoms with Gasteiger partial charge in [-0.3, -0.25) is 4.79 Å². The number of esters is 1. The smallest absolute Gasteiger partial charge is 0.468 e. The molecular formula is C30H47NO11. The summed E-state index contributed by atoms with van der Waals surface area (Å²) in [5.41, 5.74) is 5.24. The van der Waals surface area contributed by atoms with Crippen molar-refractivity contribution in [3.63, 3.8) is 0 Å². The van der Waals surface area contributed by atoms with Gasteiger partial charge in [0, 0.05) is 12.8 Å². The maximum absolute atomic E-state index is 12.7. The first kappa shape index (κ1) is 36.5. The minimum Gasteiger partial charge on any atom is -0.468 e. The average molecular weight is 598 g/mol. The van der Waals surface area contributed by atoms with E-state index in [-0.39, 0.29) is 62.6 Å². The van der Waals surface area contributed by atoms with Crippen molar-refractivity contribution < 1.29 is 52.3 Å². The van der Waals surface area contributed by atoms with Crippen molar-refractivity contribution in [2.75, 3.05) is 33.5 Å². The SMILES string of the molecule is CCCCCOC(=O)OCC[C@@](N)(Cc1ccc(OC(=O)OCC(C)CC)c(OC(=O)OCC(C)CC)c1)C(=O)OC. The van der Waals surface area contributed by atoms with Crippen LogP contribution in [0.2, 0.25) is 0 Å². The highest BCUT2D eigenvalue weighted by Crippen LogP contribution is 2.31. The van der Waals surface area contributed by atoms with E-state index in [9.17, 15) is 19.2 Å². The van der Waals surface area contributed by atoms with E-state index in [1.165, 1.54) is 19.2 Å². The number of rotatable bonds is 18. The van der Waals surface area contributed by atoms with Gasteiger partial charge < -0.3 is 38.9 Å². The zero-order valence-electron chi connectivity index (χ0n) is 25.7. The molecule has 2 N–H and O–H groups in total. The van der Waals surface area contributed by atoms with Gasteiger partial charge in [0.25, 0.3) is 0 Å². The predicted molar refractivity (Wildman–Crippen MR) is 153 cm³/mol. The summed E-state index contributed by atoms with van der Waals surface area (Å²) in [6, 6.07) is 4.33. The topological polar surface area (TPSA) is 159 Å². The molecule has 0 spiro atoms. The summed E-state index contributed by atoms with van der Waals surface area (Å²) >= 11 is 0. The average Bonchev–Trinajstić information content (AvgIpc) is 2.97. The highest BCUT2D eigenvalue weighted by Gasteiger charge is 2.36. The van der Waals surface area contributed by atoms with Crippen molar-refractivity contribution in [3.05, 3.63) is 23.8 Å². The van der Waals surface area contributed by atoms with Crippen LogP contribution in [0, 0.1) is 11.8 Å². The molecule has 3 atom stereocenters. The van der Waals surface area contributed by atoms with Gasteiger partial charge in [-0.05, 0) is 36.0 Å². The molecule has 0 bridgehead atoms. The third-order valence-corrected chi connectivity index (χ3v) is 6.61. The molecule has 12 nitrogen and oxygen atoms in total. The summed E-state index contributed by atoms with van der Waals surface area (Å²) in [5, 5.41) is 0. The normalized spacial score (nSPS) is 13.6. The molecule has 2 unspecified atom stereocenters. The monoisotopic (exact) mass is 597 g/mol. The minimum absolute atomic E-state index is 0.0862. The maximum Gasteiger partial charge on any atom is 0.513 e. The molecule has 12 heteroatoms. The van der Waals surface area contributed by atoms with E-state index in [0.717, 1.165) is 32.1 Å². The van der Waals surface area contributed by atoms with Crippen LogP contribution in [0.15, 0.2) is 18.2 Å². The number of unbranched alkanes of at least 4 members (excludes halogenated alkanes) is 2. The molecule has 42 heavy (non-hydrogen) atoms. The lowest BCUT2D eigenvalue weighted by Gasteiger charge is -2.26. The summed E-state index contributed by atoms with van der Waals surface area (Å²) in [6.45, 7) is 10.1. The standard InChI is InChI=1S/C30H47NO11/c1-7-10-11-15-37-27(33)38-16-14-30(31,26(32)36-6)18-23-12-13-24(41-28(34)39-19-21(4)8-2)25(17-23)42-29(35)40-20-22(5)9-3/h12-13,17,21-22H,7-11,14-16,18-20,31H2,1-6H3/t21?,22?,30-/m1/s1. The van der Waals surface area contributed by atoms with Gasteiger partial charge in [-0.2, -0.15) is 0 Å². The molecule has 0 saturated carbocycles. The van der Waals surface area contributed by atoms with E-state index in [1.54, 1.807) is 6.07 Å². The second-order valence-corrected chi connectivity index (χ2v) is 10.4. The Labute approximate surface area is 248 Å². The van der Waals surface area contributed by atoms with Crippen LogP contribution in [0.1, 0.15) is 78.7 Å². The highest BCUT2D eigenvalue weighted by atomic mass is 16.7. The third kappa shape index (κ3) is 13.9. The number of carbonyl (C=O) groups is 4. The molecule has 0 saturated heterocycles. The van der Waals surface area contributed by atoms with Crippen LogP contribution in [-0.4, -0.2) is 63.5 Å². The molecule has 238 valence electrons. The number of hydrogen-bond donors (Lipinski definition) is 1. The zero-order chi connectivity index (χ0) is 31.5. The number of ether oxygens (including phenoxy) is 7. The van der Waals surface area contributed by atoms with Gasteiger partial charge in [-0.25, -0.2) is 14.4 Å². The van der Waals surface area contributed by atoms with Gasteiger partial charge in [0.15, 0.2) is 11.5 Å². The van der Waals surface area contributed by atoms with Crippen LogP contribution >= 0.6 is 0 Å². The van der Waals surface area contributed by atoms with E-state index >= 15 is 0 Å². The Hall–Kier alpha value is -3.54. The second kappa shape index (κ2) is 19.6. The summed E-state index contributed by atoms with van der Waals surface area (Å²) in [4.78, 5) is 49.2. The van der Waals surface area contributed by atoms with E-state index in [2.05, 4.69) is 0 Å². The molecule has 0 radical (unpaired) electrons. The van der Waals surface area contributed by atoms with Gasteiger partial charge >= 0.3 is 24.4 Å². The summed E-state index contributed by atoms with van der Waals surface area (Å²) in [6.07, 6.45) is 1.23. The molecule has 0 fully saturated rings. The Balaban J connectivity index is 3.07. The number of carbonyl (C=O) groups excluding carboxylic acids is 4. The largest absolute Gasteiger partial charge is 0.513 e. The third-order valence-electron chi connectivity index (χ3n) is 6.61. The fraction of sp³-hybridized carbons (Fsp3) is 0.667.